The number of hydrogen-bond acceptors (Lipinski definition) is 2. The van der Waals surface area contributed by atoms with Gasteiger partial charge in [0.2, 0.25) is 0 Å². The van der Waals surface area contributed by atoms with Crippen molar-refractivity contribution in [2.45, 2.75) is 25.7 Å². The normalized spacial score (nSPS) is 15.5. The maximum Gasteiger partial charge on any atom is 0.126 e. The second kappa shape index (κ2) is 10.8. The molecule has 142 valence electrons. The zero-order valence-corrected chi connectivity index (χ0v) is 16.5. The molecule has 5 heteroatoms. The monoisotopic (exact) mass is 396 g/mol. The molecule has 0 radical (unpaired) electrons. The van der Waals surface area contributed by atoms with Crippen LogP contribution in [0.3, 0.4) is 0 Å². The molecule has 2 nitrogen and oxygen atoms in total. The van der Waals surface area contributed by atoms with Gasteiger partial charge in [0.05, 0.1) is 0 Å². The first kappa shape index (κ1) is 21.0. The summed E-state index contributed by atoms with van der Waals surface area (Å²) in [5.41, 5.74) is 1.95. The van der Waals surface area contributed by atoms with Gasteiger partial charge in [0.15, 0.2) is 0 Å². The van der Waals surface area contributed by atoms with Crippen molar-refractivity contribution in [1.82, 2.24) is 4.90 Å². The highest BCUT2D eigenvalue weighted by molar-refractivity contribution is 6.30. The Morgan fingerprint density at radius 3 is 2.58 bits per heavy atom. The first-order valence-corrected chi connectivity index (χ1v) is 9.54. The van der Waals surface area contributed by atoms with Crippen molar-refractivity contribution < 1.29 is 4.39 Å². The average molecular weight is 397 g/mol. The minimum Gasteiger partial charge on any atom is -0.385 e. The molecule has 3 rings (SSSR count). The van der Waals surface area contributed by atoms with Gasteiger partial charge in [0.1, 0.15) is 5.82 Å². The van der Waals surface area contributed by atoms with Gasteiger partial charge < -0.3 is 10.2 Å². The third kappa shape index (κ3) is 6.46. The number of likely N-dealkylation sites (tertiary alicyclic amines) is 1. The van der Waals surface area contributed by atoms with Crippen molar-refractivity contribution in [3.8, 4) is 0 Å². The molecular formula is C21H27Cl2FN2. The quantitative estimate of drug-likeness (QED) is 0.607. The molecule has 1 N–H and O–H groups in total. The van der Waals surface area contributed by atoms with Gasteiger partial charge in [0.25, 0.3) is 0 Å². The molecule has 0 bridgehead atoms. The van der Waals surface area contributed by atoms with Gasteiger partial charge in [-0.2, -0.15) is 0 Å². The van der Waals surface area contributed by atoms with Crippen LogP contribution in [0.2, 0.25) is 5.02 Å². The fraction of sp³-hybridized carbons (Fsp3) is 0.429. The van der Waals surface area contributed by atoms with Crippen molar-refractivity contribution in [1.29, 1.82) is 0 Å². The lowest BCUT2D eigenvalue weighted by atomic mass is 9.90. The molecule has 0 spiro atoms. The fourth-order valence-electron chi connectivity index (χ4n) is 3.52. The van der Waals surface area contributed by atoms with E-state index in [4.69, 9.17) is 11.6 Å². The Morgan fingerprint density at radius 1 is 1.08 bits per heavy atom. The SMILES string of the molecule is Cl.Fc1ccccc1CC1CCN(CCCNc2cccc(Cl)c2)CC1. The van der Waals surface area contributed by atoms with Gasteiger partial charge in [0, 0.05) is 17.3 Å². The molecular weight excluding hydrogens is 370 g/mol. The van der Waals surface area contributed by atoms with E-state index in [2.05, 4.69) is 10.2 Å². The van der Waals surface area contributed by atoms with E-state index in [1.807, 2.05) is 36.4 Å². The van der Waals surface area contributed by atoms with E-state index >= 15 is 0 Å². The Labute approximate surface area is 167 Å². The Bertz CT molecular complexity index is 673. The molecule has 1 heterocycles. The second-order valence-electron chi connectivity index (χ2n) is 6.87. The van der Waals surface area contributed by atoms with Gasteiger partial charge in [-0.15, -0.1) is 12.4 Å². The summed E-state index contributed by atoms with van der Waals surface area (Å²) in [7, 11) is 0. The van der Waals surface area contributed by atoms with Crippen LogP contribution < -0.4 is 5.32 Å². The van der Waals surface area contributed by atoms with E-state index < -0.39 is 0 Å². The highest BCUT2D eigenvalue weighted by atomic mass is 35.5. The molecule has 0 aromatic heterocycles. The van der Waals surface area contributed by atoms with Crippen LogP contribution in [0.25, 0.3) is 0 Å². The van der Waals surface area contributed by atoms with Crippen LogP contribution >= 0.6 is 24.0 Å². The van der Waals surface area contributed by atoms with Crippen LogP contribution in [0.1, 0.15) is 24.8 Å². The lowest BCUT2D eigenvalue weighted by Gasteiger charge is -2.32. The Morgan fingerprint density at radius 2 is 1.85 bits per heavy atom. The Kier molecular flexibility index (Phi) is 8.70. The average Bonchev–Trinajstić information content (AvgIpc) is 2.62. The highest BCUT2D eigenvalue weighted by Crippen LogP contribution is 2.23. The van der Waals surface area contributed by atoms with Gasteiger partial charge in [-0.3, -0.25) is 0 Å². The number of nitrogens with zero attached hydrogens (tertiary/aromatic N) is 1. The van der Waals surface area contributed by atoms with Crippen molar-refractivity contribution in [3.05, 3.63) is 64.9 Å². The number of benzene rings is 2. The predicted molar refractivity (Wildman–Crippen MR) is 111 cm³/mol. The summed E-state index contributed by atoms with van der Waals surface area (Å²) in [5.74, 6) is 0.551. The minimum absolute atomic E-state index is 0. The molecule has 0 unspecified atom stereocenters. The molecule has 1 aliphatic heterocycles. The van der Waals surface area contributed by atoms with E-state index in [9.17, 15) is 4.39 Å². The first-order chi connectivity index (χ1) is 12.2. The van der Waals surface area contributed by atoms with Crippen molar-refractivity contribution in [2.75, 3.05) is 31.5 Å². The number of nitrogens with one attached hydrogen (secondary N) is 1. The predicted octanol–water partition coefficient (Wildman–Crippen LogP) is 5.66. The minimum atomic E-state index is -0.0583. The number of hydrogen-bond donors (Lipinski definition) is 1. The zero-order valence-electron chi connectivity index (χ0n) is 15.0. The third-order valence-corrected chi connectivity index (χ3v) is 5.21. The summed E-state index contributed by atoms with van der Waals surface area (Å²) in [6.45, 7) is 4.31. The maximum atomic E-state index is 13.8. The topological polar surface area (TPSA) is 15.3 Å². The smallest absolute Gasteiger partial charge is 0.126 e. The van der Waals surface area contributed by atoms with E-state index in [0.29, 0.717) is 5.92 Å². The molecule has 26 heavy (non-hydrogen) atoms. The van der Waals surface area contributed by atoms with Crippen LogP contribution in [-0.4, -0.2) is 31.1 Å². The van der Waals surface area contributed by atoms with E-state index in [1.165, 1.54) is 0 Å². The van der Waals surface area contributed by atoms with E-state index in [1.54, 1.807) is 12.1 Å². The molecule has 1 fully saturated rings. The lowest BCUT2D eigenvalue weighted by Crippen LogP contribution is -2.35. The molecule has 0 atom stereocenters. The maximum absolute atomic E-state index is 13.8. The van der Waals surface area contributed by atoms with Gasteiger partial charge >= 0.3 is 0 Å². The van der Waals surface area contributed by atoms with Gasteiger partial charge in [-0.05, 0) is 81.1 Å². The van der Waals surface area contributed by atoms with E-state index in [0.717, 1.165) is 68.1 Å². The molecule has 1 aliphatic rings. The number of anilines is 1. The van der Waals surface area contributed by atoms with Crippen molar-refractivity contribution >= 4 is 29.7 Å². The summed E-state index contributed by atoms with van der Waals surface area (Å²) in [5, 5.41) is 4.19. The van der Waals surface area contributed by atoms with Crippen molar-refractivity contribution in [3.63, 3.8) is 0 Å². The van der Waals surface area contributed by atoms with Crippen molar-refractivity contribution in [2.24, 2.45) is 5.92 Å². The fourth-order valence-corrected chi connectivity index (χ4v) is 3.71. The highest BCUT2D eigenvalue weighted by Gasteiger charge is 2.20. The lowest BCUT2D eigenvalue weighted by molar-refractivity contribution is 0.183. The standard InChI is InChI=1S/C21H26ClFN2.ClH/c22-19-6-3-7-20(16-19)24-11-4-12-25-13-9-17(10-14-25)15-18-5-1-2-8-21(18)23;/h1-3,5-8,16-17,24H,4,9-15H2;1H. The van der Waals surface area contributed by atoms with Crippen LogP contribution in [-0.2, 0) is 6.42 Å². The number of rotatable bonds is 7. The zero-order chi connectivity index (χ0) is 17.5. The molecule has 0 saturated carbocycles. The van der Waals surface area contributed by atoms with Crippen LogP contribution in [0.15, 0.2) is 48.5 Å². The molecule has 1 saturated heterocycles. The molecule has 0 amide bonds. The summed E-state index contributed by atoms with van der Waals surface area (Å²) < 4.78 is 13.8. The molecule has 2 aromatic rings. The Hall–Kier alpha value is -1.29. The summed E-state index contributed by atoms with van der Waals surface area (Å²) in [6, 6.07) is 15.0. The van der Waals surface area contributed by atoms with Crippen LogP contribution in [0, 0.1) is 11.7 Å². The first-order valence-electron chi connectivity index (χ1n) is 9.16. The van der Waals surface area contributed by atoms with Gasteiger partial charge in [-0.1, -0.05) is 35.9 Å². The number of piperidine rings is 1. The largest absolute Gasteiger partial charge is 0.385 e. The van der Waals surface area contributed by atoms with Crippen LogP contribution in [0.4, 0.5) is 10.1 Å². The van der Waals surface area contributed by atoms with Crippen LogP contribution in [0.5, 0.6) is 0 Å². The summed E-state index contributed by atoms with van der Waals surface area (Å²) in [6.07, 6.45) is 4.31. The summed E-state index contributed by atoms with van der Waals surface area (Å²) >= 11 is 5.99. The molecule has 0 aliphatic carbocycles. The number of halogens is 3. The molecule has 2 aromatic carbocycles. The second-order valence-corrected chi connectivity index (χ2v) is 7.31. The Balaban J connectivity index is 0.00000243. The third-order valence-electron chi connectivity index (χ3n) is 4.98. The van der Waals surface area contributed by atoms with Gasteiger partial charge in [-0.25, -0.2) is 4.39 Å². The van der Waals surface area contributed by atoms with E-state index in [-0.39, 0.29) is 18.2 Å². The summed E-state index contributed by atoms with van der Waals surface area (Å²) in [4.78, 5) is 2.53.